The number of benzene rings is 1. The van der Waals surface area contributed by atoms with Crippen LogP contribution in [0.4, 0.5) is 0 Å². The zero-order valence-corrected chi connectivity index (χ0v) is 16.5. The Kier molecular flexibility index (Phi) is 6.65. The fourth-order valence-corrected chi connectivity index (χ4v) is 3.67. The van der Waals surface area contributed by atoms with Gasteiger partial charge in [0.15, 0.2) is 0 Å². The summed E-state index contributed by atoms with van der Waals surface area (Å²) in [4.78, 5) is 40.2. The Balaban J connectivity index is 1.43. The molecule has 1 N–H and O–H groups in total. The molecule has 1 aliphatic rings. The number of hydrogen-bond donors (Lipinski definition) is 1. The SMILES string of the molecule is COc1cccc(CC(=O)N2CCN(C(=O)CNC(=O)c3ccsc3)CC2)c1. The Morgan fingerprint density at radius 2 is 1.79 bits per heavy atom. The van der Waals surface area contributed by atoms with Gasteiger partial charge in [-0.1, -0.05) is 12.1 Å². The van der Waals surface area contributed by atoms with Crippen molar-refractivity contribution >= 4 is 29.1 Å². The number of ether oxygens (including phenoxy) is 1. The van der Waals surface area contributed by atoms with Crippen LogP contribution in [0.2, 0.25) is 0 Å². The number of hydrogen-bond acceptors (Lipinski definition) is 5. The lowest BCUT2D eigenvalue weighted by atomic mass is 10.1. The number of amides is 3. The molecule has 28 heavy (non-hydrogen) atoms. The monoisotopic (exact) mass is 401 g/mol. The second-order valence-electron chi connectivity index (χ2n) is 6.48. The summed E-state index contributed by atoms with van der Waals surface area (Å²) in [7, 11) is 1.60. The predicted molar refractivity (Wildman–Crippen MR) is 107 cm³/mol. The Morgan fingerprint density at radius 3 is 2.43 bits per heavy atom. The third-order valence-corrected chi connectivity index (χ3v) is 5.34. The summed E-state index contributed by atoms with van der Waals surface area (Å²) in [6.45, 7) is 1.89. The average Bonchev–Trinajstić information content (AvgIpc) is 3.27. The van der Waals surface area contributed by atoms with Crippen LogP contribution in [-0.4, -0.2) is 67.4 Å². The van der Waals surface area contributed by atoms with Crippen molar-refractivity contribution in [3.05, 3.63) is 52.2 Å². The number of thiophene rings is 1. The van der Waals surface area contributed by atoms with Crippen LogP contribution in [0.15, 0.2) is 41.1 Å². The van der Waals surface area contributed by atoms with Crippen molar-refractivity contribution in [3.8, 4) is 5.75 Å². The number of methoxy groups -OCH3 is 1. The maximum atomic E-state index is 12.5. The van der Waals surface area contributed by atoms with E-state index in [2.05, 4.69) is 5.32 Å². The molecule has 0 unspecified atom stereocenters. The van der Waals surface area contributed by atoms with Crippen molar-refractivity contribution in [2.75, 3.05) is 39.8 Å². The molecular weight excluding hydrogens is 378 g/mol. The summed E-state index contributed by atoms with van der Waals surface area (Å²) in [6, 6.07) is 9.18. The highest BCUT2D eigenvalue weighted by atomic mass is 32.1. The van der Waals surface area contributed by atoms with Crippen molar-refractivity contribution in [2.45, 2.75) is 6.42 Å². The molecule has 1 fully saturated rings. The van der Waals surface area contributed by atoms with Gasteiger partial charge in [-0.2, -0.15) is 11.3 Å². The normalized spacial score (nSPS) is 13.9. The molecule has 1 aromatic heterocycles. The van der Waals surface area contributed by atoms with Crippen molar-refractivity contribution in [1.29, 1.82) is 0 Å². The first-order valence-corrected chi connectivity index (χ1v) is 10.00. The number of nitrogens with zero attached hydrogens (tertiary/aromatic N) is 2. The zero-order valence-electron chi connectivity index (χ0n) is 15.7. The number of piperazine rings is 1. The van der Waals surface area contributed by atoms with Crippen LogP contribution in [0.3, 0.4) is 0 Å². The summed E-state index contributed by atoms with van der Waals surface area (Å²) in [5.41, 5.74) is 1.46. The van der Waals surface area contributed by atoms with Crippen LogP contribution in [0.5, 0.6) is 5.75 Å². The smallest absolute Gasteiger partial charge is 0.252 e. The number of rotatable bonds is 6. The molecule has 2 aromatic rings. The van der Waals surface area contributed by atoms with Gasteiger partial charge < -0.3 is 19.9 Å². The Morgan fingerprint density at radius 1 is 1.07 bits per heavy atom. The fraction of sp³-hybridized carbons (Fsp3) is 0.350. The highest BCUT2D eigenvalue weighted by Crippen LogP contribution is 2.14. The molecule has 148 valence electrons. The Labute approximate surface area is 167 Å². The topological polar surface area (TPSA) is 79.0 Å². The lowest BCUT2D eigenvalue weighted by molar-refractivity contribution is -0.138. The lowest BCUT2D eigenvalue weighted by Gasteiger charge is -2.35. The van der Waals surface area contributed by atoms with Gasteiger partial charge in [-0.05, 0) is 29.1 Å². The first-order chi connectivity index (χ1) is 13.6. The van der Waals surface area contributed by atoms with E-state index in [4.69, 9.17) is 4.74 Å². The average molecular weight is 401 g/mol. The maximum Gasteiger partial charge on any atom is 0.252 e. The van der Waals surface area contributed by atoms with E-state index in [1.54, 1.807) is 28.4 Å². The molecular formula is C20H23N3O4S. The van der Waals surface area contributed by atoms with Gasteiger partial charge in [0.2, 0.25) is 11.8 Å². The standard InChI is InChI=1S/C20H23N3O4S/c1-27-17-4-2-3-15(11-17)12-18(24)22-6-8-23(9-7-22)19(25)13-21-20(26)16-5-10-28-14-16/h2-5,10-11,14H,6-9,12-13H2,1H3,(H,21,26). The Hall–Kier alpha value is -2.87. The van der Waals surface area contributed by atoms with Crippen LogP contribution < -0.4 is 10.1 Å². The minimum absolute atomic E-state index is 0.0334. The maximum absolute atomic E-state index is 12.5. The molecule has 8 heteroatoms. The van der Waals surface area contributed by atoms with Crippen LogP contribution in [0.1, 0.15) is 15.9 Å². The van der Waals surface area contributed by atoms with Crippen molar-refractivity contribution in [1.82, 2.24) is 15.1 Å². The van der Waals surface area contributed by atoms with E-state index in [1.165, 1.54) is 11.3 Å². The molecule has 1 saturated heterocycles. The van der Waals surface area contributed by atoms with Crippen LogP contribution >= 0.6 is 11.3 Å². The second-order valence-corrected chi connectivity index (χ2v) is 7.26. The summed E-state index contributed by atoms with van der Waals surface area (Å²) >= 11 is 1.43. The third kappa shape index (κ3) is 5.10. The predicted octanol–water partition coefficient (Wildman–Crippen LogP) is 1.40. The summed E-state index contributed by atoms with van der Waals surface area (Å²) in [5, 5.41) is 6.20. The van der Waals surface area contributed by atoms with Gasteiger partial charge in [-0.25, -0.2) is 0 Å². The lowest BCUT2D eigenvalue weighted by Crippen LogP contribution is -2.52. The quantitative estimate of drug-likeness (QED) is 0.794. The summed E-state index contributed by atoms with van der Waals surface area (Å²) in [5.74, 6) is 0.376. The highest BCUT2D eigenvalue weighted by molar-refractivity contribution is 7.08. The van der Waals surface area contributed by atoms with Crippen LogP contribution in [0, 0.1) is 0 Å². The van der Waals surface area contributed by atoms with E-state index in [0.29, 0.717) is 38.2 Å². The van der Waals surface area contributed by atoms with Crippen molar-refractivity contribution in [2.24, 2.45) is 0 Å². The summed E-state index contributed by atoms with van der Waals surface area (Å²) < 4.78 is 5.19. The second kappa shape index (κ2) is 9.36. The minimum atomic E-state index is -0.248. The number of nitrogens with one attached hydrogen (secondary N) is 1. The largest absolute Gasteiger partial charge is 0.497 e. The highest BCUT2D eigenvalue weighted by Gasteiger charge is 2.24. The van der Waals surface area contributed by atoms with Crippen molar-refractivity contribution in [3.63, 3.8) is 0 Å². The molecule has 1 aromatic carbocycles. The van der Waals surface area contributed by atoms with Crippen molar-refractivity contribution < 1.29 is 19.1 Å². The molecule has 0 atom stereocenters. The summed E-state index contributed by atoms with van der Waals surface area (Å²) in [6.07, 6.45) is 0.307. The van der Waals surface area contributed by atoms with E-state index in [0.717, 1.165) is 11.3 Å². The van der Waals surface area contributed by atoms with E-state index >= 15 is 0 Å². The molecule has 0 spiro atoms. The molecule has 3 rings (SSSR count). The van der Waals surface area contributed by atoms with E-state index in [9.17, 15) is 14.4 Å². The molecule has 0 radical (unpaired) electrons. The molecule has 0 bridgehead atoms. The zero-order chi connectivity index (χ0) is 19.9. The van der Waals surface area contributed by atoms with Gasteiger partial charge in [-0.15, -0.1) is 0 Å². The fourth-order valence-electron chi connectivity index (χ4n) is 3.04. The number of carbonyl (C=O) groups is 3. The van der Waals surface area contributed by atoms with Crippen LogP contribution in [-0.2, 0) is 16.0 Å². The molecule has 0 aliphatic carbocycles. The molecule has 0 saturated carbocycles. The van der Waals surface area contributed by atoms with Gasteiger partial charge in [-0.3, -0.25) is 14.4 Å². The minimum Gasteiger partial charge on any atom is -0.497 e. The van der Waals surface area contributed by atoms with Gasteiger partial charge in [0.25, 0.3) is 5.91 Å². The molecule has 1 aliphatic heterocycles. The van der Waals surface area contributed by atoms with Gasteiger partial charge in [0.1, 0.15) is 5.75 Å². The third-order valence-electron chi connectivity index (χ3n) is 4.66. The first-order valence-electron chi connectivity index (χ1n) is 9.05. The van der Waals surface area contributed by atoms with E-state index in [-0.39, 0.29) is 24.3 Å². The van der Waals surface area contributed by atoms with Gasteiger partial charge in [0, 0.05) is 37.1 Å². The van der Waals surface area contributed by atoms with Gasteiger partial charge in [0.05, 0.1) is 20.1 Å². The van der Waals surface area contributed by atoms with E-state index < -0.39 is 0 Å². The van der Waals surface area contributed by atoms with Gasteiger partial charge >= 0.3 is 0 Å². The number of carbonyl (C=O) groups excluding carboxylic acids is 3. The molecule has 7 nitrogen and oxygen atoms in total. The molecule has 2 heterocycles. The van der Waals surface area contributed by atoms with E-state index in [1.807, 2.05) is 29.6 Å². The Bertz CT molecular complexity index is 830. The molecule has 3 amide bonds. The van der Waals surface area contributed by atoms with Crippen LogP contribution in [0.25, 0.3) is 0 Å². The first kappa shape index (κ1) is 19.9.